The number of likely N-dealkylation sites (tertiary alicyclic amines) is 1. The topological polar surface area (TPSA) is 69.7 Å². The molecule has 6 nitrogen and oxygen atoms in total. The number of aromatic nitrogens is 4. The molecule has 0 amide bonds. The van der Waals surface area contributed by atoms with Gasteiger partial charge in [-0.25, -0.2) is 4.98 Å². The highest BCUT2D eigenvalue weighted by Crippen LogP contribution is 2.22. The first-order chi connectivity index (χ1) is 10.8. The van der Waals surface area contributed by atoms with Crippen LogP contribution in [-0.2, 0) is 13.0 Å². The predicted octanol–water partition coefficient (Wildman–Crippen LogP) is 2.09. The molecule has 0 spiro atoms. The van der Waals surface area contributed by atoms with Gasteiger partial charge < -0.3 is 5.32 Å². The molecule has 3 heterocycles. The Morgan fingerprint density at radius 1 is 1.27 bits per heavy atom. The van der Waals surface area contributed by atoms with Crippen molar-refractivity contribution in [2.24, 2.45) is 5.92 Å². The van der Waals surface area contributed by atoms with Crippen LogP contribution in [0.25, 0.3) is 0 Å². The molecular formula is C16H24N6. The van der Waals surface area contributed by atoms with Gasteiger partial charge in [-0.2, -0.15) is 5.10 Å². The minimum atomic E-state index is 0.710. The second-order valence-electron chi connectivity index (χ2n) is 6.00. The van der Waals surface area contributed by atoms with Crippen LogP contribution in [0.1, 0.15) is 30.7 Å². The van der Waals surface area contributed by atoms with Crippen LogP contribution < -0.4 is 5.32 Å². The molecule has 0 unspecified atom stereocenters. The number of anilines is 1. The number of H-pyrrole nitrogens is 1. The largest absolute Gasteiger partial charge is 0.372 e. The van der Waals surface area contributed by atoms with Crippen molar-refractivity contribution in [2.45, 2.75) is 32.2 Å². The van der Waals surface area contributed by atoms with Gasteiger partial charge in [0.2, 0.25) is 0 Å². The van der Waals surface area contributed by atoms with Gasteiger partial charge in [-0.3, -0.25) is 15.0 Å². The van der Waals surface area contributed by atoms with Crippen LogP contribution in [0.4, 0.5) is 5.82 Å². The smallest absolute Gasteiger partial charge is 0.144 e. The first kappa shape index (κ1) is 15.0. The van der Waals surface area contributed by atoms with Gasteiger partial charge >= 0.3 is 0 Å². The van der Waals surface area contributed by atoms with Gasteiger partial charge in [0.25, 0.3) is 0 Å². The minimum Gasteiger partial charge on any atom is -0.372 e. The number of hydrogen-bond donors (Lipinski definition) is 2. The van der Waals surface area contributed by atoms with E-state index in [-0.39, 0.29) is 0 Å². The molecule has 1 saturated heterocycles. The van der Waals surface area contributed by atoms with Crippen molar-refractivity contribution in [1.29, 1.82) is 0 Å². The summed E-state index contributed by atoms with van der Waals surface area (Å²) in [6, 6.07) is 2.06. The zero-order chi connectivity index (χ0) is 15.2. The van der Waals surface area contributed by atoms with Gasteiger partial charge in [0.1, 0.15) is 5.82 Å². The third-order valence-electron chi connectivity index (χ3n) is 4.35. The summed E-state index contributed by atoms with van der Waals surface area (Å²) in [7, 11) is 1.86. The molecule has 22 heavy (non-hydrogen) atoms. The van der Waals surface area contributed by atoms with Crippen molar-refractivity contribution in [3.8, 4) is 0 Å². The van der Waals surface area contributed by atoms with Crippen molar-refractivity contribution in [2.75, 3.05) is 25.5 Å². The summed E-state index contributed by atoms with van der Waals surface area (Å²) in [5.41, 5.74) is 2.30. The summed E-state index contributed by atoms with van der Waals surface area (Å²) in [6.45, 7) is 3.29. The average Bonchev–Trinajstić information content (AvgIpc) is 2.96. The van der Waals surface area contributed by atoms with Crippen LogP contribution >= 0.6 is 0 Å². The highest BCUT2D eigenvalue weighted by atomic mass is 15.2. The van der Waals surface area contributed by atoms with Gasteiger partial charge in [-0.05, 0) is 50.8 Å². The predicted molar refractivity (Wildman–Crippen MR) is 86.5 cm³/mol. The van der Waals surface area contributed by atoms with Gasteiger partial charge in [0.15, 0.2) is 0 Å². The van der Waals surface area contributed by atoms with E-state index in [9.17, 15) is 0 Å². The Hall–Kier alpha value is -1.95. The van der Waals surface area contributed by atoms with Gasteiger partial charge in [0, 0.05) is 25.5 Å². The number of hydrogen-bond acceptors (Lipinski definition) is 5. The average molecular weight is 300 g/mol. The highest BCUT2D eigenvalue weighted by Gasteiger charge is 2.18. The molecule has 1 atom stereocenters. The first-order valence-corrected chi connectivity index (χ1v) is 8.03. The van der Waals surface area contributed by atoms with Crippen LogP contribution in [0.3, 0.4) is 0 Å². The van der Waals surface area contributed by atoms with E-state index < -0.39 is 0 Å². The van der Waals surface area contributed by atoms with E-state index >= 15 is 0 Å². The Bertz CT molecular complexity index is 551. The van der Waals surface area contributed by atoms with E-state index in [1.165, 1.54) is 31.5 Å². The summed E-state index contributed by atoms with van der Waals surface area (Å²) in [6.07, 6.45) is 10.3. The maximum Gasteiger partial charge on any atom is 0.144 e. The highest BCUT2D eigenvalue weighted by molar-refractivity contribution is 5.29. The van der Waals surface area contributed by atoms with Crippen LogP contribution in [0.5, 0.6) is 0 Å². The van der Waals surface area contributed by atoms with Crippen LogP contribution in [0.15, 0.2) is 24.7 Å². The third kappa shape index (κ3) is 4.04. The van der Waals surface area contributed by atoms with Crippen molar-refractivity contribution >= 4 is 5.82 Å². The lowest BCUT2D eigenvalue weighted by Gasteiger charge is -2.19. The van der Waals surface area contributed by atoms with E-state index in [2.05, 4.69) is 36.4 Å². The molecule has 2 aromatic rings. The van der Waals surface area contributed by atoms with Gasteiger partial charge in [0.05, 0.1) is 18.1 Å². The maximum atomic E-state index is 4.50. The van der Waals surface area contributed by atoms with Crippen molar-refractivity contribution in [3.63, 3.8) is 0 Å². The molecule has 0 radical (unpaired) electrons. The van der Waals surface area contributed by atoms with Crippen molar-refractivity contribution in [1.82, 2.24) is 25.1 Å². The Labute approximate surface area is 131 Å². The van der Waals surface area contributed by atoms with Gasteiger partial charge in [-0.15, -0.1) is 0 Å². The van der Waals surface area contributed by atoms with Crippen LogP contribution in [-0.4, -0.2) is 45.2 Å². The second-order valence-corrected chi connectivity index (χ2v) is 6.00. The van der Waals surface area contributed by atoms with E-state index in [1.54, 1.807) is 0 Å². The second kappa shape index (κ2) is 7.35. The minimum absolute atomic E-state index is 0.710. The van der Waals surface area contributed by atoms with E-state index in [1.807, 2.05) is 25.6 Å². The van der Waals surface area contributed by atoms with E-state index in [0.29, 0.717) is 5.92 Å². The SMILES string of the molecule is CNc1cnc(C[C@@H]2CCCN(Cc3ccn[nH]3)CC2)cn1. The molecule has 0 aliphatic carbocycles. The Morgan fingerprint density at radius 3 is 2.95 bits per heavy atom. The third-order valence-corrected chi connectivity index (χ3v) is 4.35. The Kier molecular flexibility index (Phi) is 5.00. The number of nitrogens with zero attached hydrogens (tertiary/aromatic N) is 4. The molecule has 3 rings (SSSR count). The molecule has 0 saturated carbocycles. The molecule has 118 valence electrons. The normalized spacial score (nSPS) is 19.8. The quantitative estimate of drug-likeness (QED) is 0.885. The van der Waals surface area contributed by atoms with E-state index in [0.717, 1.165) is 31.0 Å². The summed E-state index contributed by atoms with van der Waals surface area (Å²) in [5, 5.41) is 10.1. The van der Waals surface area contributed by atoms with Crippen molar-refractivity contribution < 1.29 is 0 Å². The van der Waals surface area contributed by atoms with Crippen molar-refractivity contribution in [3.05, 3.63) is 36.0 Å². The summed E-state index contributed by atoms with van der Waals surface area (Å²) < 4.78 is 0. The lowest BCUT2D eigenvalue weighted by atomic mass is 9.95. The number of aromatic amines is 1. The number of rotatable bonds is 5. The van der Waals surface area contributed by atoms with Crippen LogP contribution in [0, 0.1) is 5.92 Å². The standard InChI is InChI=1S/C16H24N6/c1-17-16-11-18-15(10-19-16)9-13-3-2-7-22(8-5-13)12-14-4-6-20-21-14/h4,6,10-11,13H,2-3,5,7-9,12H2,1H3,(H,17,19)(H,20,21)/t13-/m1/s1. The van der Waals surface area contributed by atoms with Gasteiger partial charge in [-0.1, -0.05) is 0 Å². The Morgan fingerprint density at radius 2 is 2.23 bits per heavy atom. The maximum absolute atomic E-state index is 4.50. The molecule has 1 aliphatic rings. The molecule has 2 aromatic heterocycles. The number of nitrogens with one attached hydrogen (secondary N) is 2. The fourth-order valence-corrected chi connectivity index (χ4v) is 3.09. The first-order valence-electron chi connectivity index (χ1n) is 8.03. The molecular weight excluding hydrogens is 276 g/mol. The van der Waals surface area contributed by atoms with E-state index in [4.69, 9.17) is 0 Å². The molecule has 0 aromatic carbocycles. The fraction of sp³-hybridized carbons (Fsp3) is 0.562. The summed E-state index contributed by atoms with van der Waals surface area (Å²) in [5.74, 6) is 1.54. The Balaban J connectivity index is 1.51. The molecule has 1 aliphatic heterocycles. The molecule has 1 fully saturated rings. The lowest BCUT2D eigenvalue weighted by molar-refractivity contribution is 0.269. The lowest BCUT2D eigenvalue weighted by Crippen LogP contribution is -2.24. The monoisotopic (exact) mass is 300 g/mol. The molecule has 6 heteroatoms. The summed E-state index contributed by atoms with van der Waals surface area (Å²) >= 11 is 0. The van der Waals surface area contributed by atoms with Crippen LogP contribution in [0.2, 0.25) is 0 Å². The summed E-state index contributed by atoms with van der Waals surface area (Å²) in [4.78, 5) is 11.4. The zero-order valence-electron chi connectivity index (χ0n) is 13.1. The zero-order valence-corrected chi connectivity index (χ0v) is 13.1. The fourth-order valence-electron chi connectivity index (χ4n) is 3.09. The molecule has 0 bridgehead atoms. The molecule has 2 N–H and O–H groups in total.